The summed E-state index contributed by atoms with van der Waals surface area (Å²) in [4.78, 5) is 34.1. The molecule has 6 heteroatoms. The average molecular weight is 318 g/mol. The Balaban J connectivity index is 1.77. The highest BCUT2D eigenvalue weighted by Gasteiger charge is 2.43. The molecule has 3 rings (SSSR count). The number of likely N-dealkylation sites (N-methyl/N-ethyl adjacent to an activating group) is 1. The number of nitrogens with one attached hydrogen (secondary N) is 1. The van der Waals surface area contributed by atoms with E-state index in [2.05, 4.69) is 16.9 Å². The van der Waals surface area contributed by atoms with Crippen LogP contribution in [0.15, 0.2) is 18.3 Å². The van der Waals surface area contributed by atoms with Crippen molar-refractivity contribution < 1.29 is 9.59 Å². The van der Waals surface area contributed by atoms with Crippen molar-refractivity contribution in [3.05, 3.63) is 24.0 Å². The zero-order chi connectivity index (χ0) is 16.4. The monoisotopic (exact) mass is 318 g/mol. The number of carbonyl (C=O) groups excluding carboxylic acids is 2. The van der Waals surface area contributed by atoms with Crippen molar-refractivity contribution in [3.8, 4) is 0 Å². The van der Waals surface area contributed by atoms with Gasteiger partial charge in [-0.05, 0) is 38.9 Å². The van der Waals surface area contributed by atoms with Gasteiger partial charge in [-0.25, -0.2) is 0 Å². The molecule has 1 atom stereocenters. The molecule has 0 aromatic carbocycles. The summed E-state index contributed by atoms with van der Waals surface area (Å²) >= 11 is 0. The third kappa shape index (κ3) is 3.00. The average Bonchev–Trinajstić information content (AvgIpc) is 3.04. The molecule has 126 valence electrons. The molecule has 2 amide bonds. The smallest absolute Gasteiger partial charge is 0.270 e. The van der Waals surface area contributed by atoms with Gasteiger partial charge in [-0.2, -0.15) is 0 Å². The summed E-state index contributed by atoms with van der Waals surface area (Å²) in [7, 11) is 2.13. The number of carbonyl (C=O) groups is 2. The van der Waals surface area contributed by atoms with Gasteiger partial charge >= 0.3 is 0 Å². The van der Waals surface area contributed by atoms with Crippen LogP contribution in [0.5, 0.6) is 0 Å². The standard InChI is InChI=1S/C17H26N4O2/c1-3-20-10-8-17(7-6-15(20)22)13-21(12-11-19(17)2)16(23)14-5-4-9-18-14/h4-5,9,18H,3,6-8,10-13H2,1-2H3/t17-/m0/s1. The Hall–Kier alpha value is -1.82. The Morgan fingerprint density at radius 1 is 1.30 bits per heavy atom. The first-order valence-corrected chi connectivity index (χ1v) is 8.47. The molecule has 0 bridgehead atoms. The maximum Gasteiger partial charge on any atom is 0.270 e. The fourth-order valence-corrected chi connectivity index (χ4v) is 3.83. The molecule has 0 unspecified atom stereocenters. The molecule has 2 aliphatic rings. The Kier molecular flexibility index (Phi) is 4.43. The minimum absolute atomic E-state index is 0.0606. The van der Waals surface area contributed by atoms with Gasteiger partial charge in [-0.15, -0.1) is 0 Å². The maximum absolute atomic E-state index is 12.7. The van der Waals surface area contributed by atoms with Gasteiger partial charge in [0.25, 0.3) is 5.91 Å². The predicted molar refractivity (Wildman–Crippen MR) is 88.2 cm³/mol. The molecule has 3 heterocycles. The van der Waals surface area contributed by atoms with E-state index in [-0.39, 0.29) is 17.4 Å². The second-order valence-corrected chi connectivity index (χ2v) is 6.68. The summed E-state index contributed by atoms with van der Waals surface area (Å²) in [6.07, 6.45) is 4.11. The summed E-state index contributed by atoms with van der Waals surface area (Å²) in [6, 6.07) is 3.67. The van der Waals surface area contributed by atoms with Gasteiger partial charge in [0.1, 0.15) is 5.69 Å². The van der Waals surface area contributed by atoms with E-state index < -0.39 is 0 Å². The van der Waals surface area contributed by atoms with E-state index in [1.165, 1.54) is 0 Å². The fraction of sp³-hybridized carbons (Fsp3) is 0.647. The van der Waals surface area contributed by atoms with E-state index in [9.17, 15) is 9.59 Å². The van der Waals surface area contributed by atoms with Crippen LogP contribution in [-0.4, -0.2) is 76.8 Å². The van der Waals surface area contributed by atoms with Crippen molar-refractivity contribution in [2.24, 2.45) is 0 Å². The molecule has 2 aliphatic heterocycles. The molecule has 1 N–H and O–H groups in total. The number of aromatic amines is 1. The summed E-state index contributed by atoms with van der Waals surface area (Å²) in [5.74, 6) is 0.302. The topological polar surface area (TPSA) is 59.7 Å². The van der Waals surface area contributed by atoms with E-state index in [4.69, 9.17) is 0 Å². The lowest BCUT2D eigenvalue weighted by atomic mass is 9.86. The third-order valence-electron chi connectivity index (χ3n) is 5.50. The highest BCUT2D eigenvalue weighted by molar-refractivity contribution is 5.92. The van der Waals surface area contributed by atoms with E-state index >= 15 is 0 Å². The van der Waals surface area contributed by atoms with Crippen molar-refractivity contribution in [1.82, 2.24) is 19.7 Å². The lowest BCUT2D eigenvalue weighted by Gasteiger charge is -2.49. The van der Waals surface area contributed by atoms with E-state index in [0.29, 0.717) is 18.7 Å². The summed E-state index contributed by atoms with van der Waals surface area (Å²) < 4.78 is 0. The Morgan fingerprint density at radius 2 is 2.13 bits per heavy atom. The SMILES string of the molecule is CCN1CC[C@@]2(CCC1=O)CN(C(=O)c1ccc[nH]1)CCN2C. The van der Waals surface area contributed by atoms with E-state index in [1.54, 1.807) is 6.20 Å². The number of nitrogens with zero attached hydrogens (tertiary/aromatic N) is 3. The van der Waals surface area contributed by atoms with Crippen LogP contribution in [0.1, 0.15) is 36.7 Å². The van der Waals surface area contributed by atoms with Gasteiger partial charge in [0.15, 0.2) is 0 Å². The number of aromatic nitrogens is 1. The number of likely N-dealkylation sites (tertiary alicyclic amines) is 1. The van der Waals surface area contributed by atoms with Crippen molar-refractivity contribution in [2.75, 3.05) is 39.8 Å². The first-order chi connectivity index (χ1) is 11.1. The minimum atomic E-state index is -0.0833. The number of amides is 2. The first kappa shape index (κ1) is 16.1. The van der Waals surface area contributed by atoms with Crippen LogP contribution >= 0.6 is 0 Å². The van der Waals surface area contributed by atoms with Crippen LogP contribution in [0.4, 0.5) is 0 Å². The largest absolute Gasteiger partial charge is 0.357 e. The molecular formula is C17H26N4O2. The summed E-state index contributed by atoms with van der Waals surface area (Å²) in [5.41, 5.74) is 0.560. The molecule has 6 nitrogen and oxygen atoms in total. The number of piperazine rings is 1. The van der Waals surface area contributed by atoms with Crippen molar-refractivity contribution in [1.29, 1.82) is 0 Å². The Labute approximate surface area is 137 Å². The van der Waals surface area contributed by atoms with Gasteiger partial charge in [0.2, 0.25) is 5.91 Å². The fourth-order valence-electron chi connectivity index (χ4n) is 3.83. The Morgan fingerprint density at radius 3 is 2.83 bits per heavy atom. The van der Waals surface area contributed by atoms with Crippen molar-refractivity contribution >= 4 is 11.8 Å². The molecule has 2 saturated heterocycles. The summed E-state index contributed by atoms with van der Waals surface area (Å²) in [5, 5.41) is 0. The summed E-state index contributed by atoms with van der Waals surface area (Å²) in [6.45, 7) is 5.87. The molecule has 1 aromatic heterocycles. The zero-order valence-corrected chi connectivity index (χ0v) is 14.0. The van der Waals surface area contributed by atoms with Gasteiger partial charge < -0.3 is 14.8 Å². The second-order valence-electron chi connectivity index (χ2n) is 6.68. The molecule has 23 heavy (non-hydrogen) atoms. The minimum Gasteiger partial charge on any atom is -0.357 e. The van der Waals surface area contributed by atoms with Gasteiger partial charge in [0, 0.05) is 50.9 Å². The van der Waals surface area contributed by atoms with Crippen LogP contribution in [0, 0.1) is 0 Å². The number of hydrogen-bond acceptors (Lipinski definition) is 3. The molecule has 0 aliphatic carbocycles. The predicted octanol–water partition coefficient (Wildman–Crippen LogP) is 1.17. The van der Waals surface area contributed by atoms with Crippen molar-refractivity contribution in [3.63, 3.8) is 0 Å². The third-order valence-corrected chi connectivity index (χ3v) is 5.50. The highest BCUT2D eigenvalue weighted by atomic mass is 16.2. The van der Waals surface area contributed by atoms with E-state index in [0.717, 1.165) is 39.0 Å². The number of rotatable bonds is 2. The molecule has 2 fully saturated rings. The molecule has 1 aromatic rings. The maximum atomic E-state index is 12.7. The van der Waals surface area contributed by atoms with Gasteiger partial charge in [0.05, 0.1) is 0 Å². The molecule has 1 spiro atoms. The number of hydrogen-bond donors (Lipinski definition) is 1. The quantitative estimate of drug-likeness (QED) is 0.890. The van der Waals surface area contributed by atoms with Crippen LogP contribution in [0.3, 0.4) is 0 Å². The van der Waals surface area contributed by atoms with Crippen LogP contribution < -0.4 is 0 Å². The number of H-pyrrole nitrogens is 1. The molecular weight excluding hydrogens is 292 g/mol. The lowest BCUT2D eigenvalue weighted by Crippen LogP contribution is -2.62. The molecule has 0 saturated carbocycles. The van der Waals surface area contributed by atoms with E-state index in [1.807, 2.05) is 28.9 Å². The zero-order valence-electron chi connectivity index (χ0n) is 14.0. The Bertz CT molecular complexity index is 571. The van der Waals surface area contributed by atoms with Crippen LogP contribution in [-0.2, 0) is 4.79 Å². The highest BCUT2D eigenvalue weighted by Crippen LogP contribution is 2.32. The van der Waals surface area contributed by atoms with Crippen LogP contribution in [0.25, 0.3) is 0 Å². The second kappa shape index (κ2) is 6.35. The normalized spacial score (nSPS) is 26.6. The van der Waals surface area contributed by atoms with Crippen LogP contribution in [0.2, 0.25) is 0 Å². The van der Waals surface area contributed by atoms with Crippen molar-refractivity contribution in [2.45, 2.75) is 31.7 Å². The first-order valence-electron chi connectivity index (χ1n) is 8.47. The lowest BCUT2D eigenvalue weighted by molar-refractivity contribution is -0.130. The van der Waals surface area contributed by atoms with Gasteiger partial charge in [-0.1, -0.05) is 0 Å². The molecule has 0 radical (unpaired) electrons. The van der Waals surface area contributed by atoms with Gasteiger partial charge in [-0.3, -0.25) is 14.5 Å².